The number of aliphatic imine (C=N–C) groups is 1. The van der Waals surface area contributed by atoms with Crippen molar-refractivity contribution < 1.29 is 8.42 Å². The molecule has 1 rings (SSSR count). The van der Waals surface area contributed by atoms with E-state index in [2.05, 4.69) is 46.1 Å². The molecule has 0 spiro atoms. The van der Waals surface area contributed by atoms with Crippen LogP contribution in [0.2, 0.25) is 0 Å². The lowest BCUT2D eigenvalue weighted by atomic mass is 10.0. The van der Waals surface area contributed by atoms with Crippen LogP contribution in [0.5, 0.6) is 0 Å². The summed E-state index contributed by atoms with van der Waals surface area (Å²) in [5.74, 6) is 1.35. The zero-order valence-electron chi connectivity index (χ0n) is 15.3. The molecule has 0 saturated carbocycles. The van der Waals surface area contributed by atoms with Crippen LogP contribution in [-0.4, -0.2) is 45.5 Å². The maximum atomic E-state index is 12.0. The van der Waals surface area contributed by atoms with E-state index in [9.17, 15) is 8.42 Å². The van der Waals surface area contributed by atoms with E-state index >= 15 is 0 Å². The number of nitrogens with one attached hydrogen (secondary N) is 3. The lowest BCUT2D eigenvalue weighted by Crippen LogP contribution is -2.44. The van der Waals surface area contributed by atoms with Gasteiger partial charge in [-0.1, -0.05) is 13.8 Å². The molecule has 0 aliphatic heterocycles. The van der Waals surface area contributed by atoms with Gasteiger partial charge < -0.3 is 10.6 Å². The lowest BCUT2D eigenvalue weighted by molar-refractivity contribution is 0.489. The van der Waals surface area contributed by atoms with Crippen molar-refractivity contribution in [3.63, 3.8) is 0 Å². The second-order valence-corrected chi connectivity index (χ2v) is 7.87. The van der Waals surface area contributed by atoms with Crippen molar-refractivity contribution in [1.29, 1.82) is 0 Å². The molecule has 9 heteroatoms. The molecule has 0 aliphatic carbocycles. The quantitative estimate of drug-likeness (QED) is 0.216. The molecule has 0 fully saturated rings. The maximum Gasteiger partial charge on any atom is 0.242 e. The average molecular weight is 483 g/mol. The first kappa shape index (κ1) is 24.1. The molecule has 3 N–H and O–H groups in total. The normalized spacial score (nSPS) is 13.2. The van der Waals surface area contributed by atoms with Crippen LogP contribution in [0.15, 0.2) is 34.4 Å². The zero-order valence-corrected chi connectivity index (χ0v) is 18.5. The fraction of sp³-hybridized carbons (Fsp3) is 0.625. The number of pyridine rings is 1. The predicted molar refractivity (Wildman–Crippen MR) is 113 cm³/mol. The summed E-state index contributed by atoms with van der Waals surface area (Å²) in [6.07, 6.45) is 5.07. The second-order valence-electron chi connectivity index (χ2n) is 6.10. The van der Waals surface area contributed by atoms with E-state index in [1.54, 1.807) is 13.1 Å². The fourth-order valence-electron chi connectivity index (χ4n) is 2.04. The molecular weight excluding hydrogens is 453 g/mol. The van der Waals surface area contributed by atoms with Crippen LogP contribution in [0.3, 0.4) is 0 Å². The van der Waals surface area contributed by atoms with Gasteiger partial charge in [-0.25, -0.2) is 13.1 Å². The van der Waals surface area contributed by atoms with E-state index in [-0.39, 0.29) is 35.4 Å². The van der Waals surface area contributed by atoms with Gasteiger partial charge in [0.05, 0.1) is 0 Å². The van der Waals surface area contributed by atoms with Gasteiger partial charge in [-0.3, -0.25) is 9.98 Å². The maximum absolute atomic E-state index is 12.0. The van der Waals surface area contributed by atoms with Gasteiger partial charge in [0.2, 0.25) is 10.0 Å². The summed E-state index contributed by atoms with van der Waals surface area (Å²) < 4.78 is 26.6. The van der Waals surface area contributed by atoms with Gasteiger partial charge in [0.15, 0.2) is 5.96 Å². The topological polar surface area (TPSA) is 95.5 Å². The average Bonchev–Trinajstić information content (AvgIpc) is 2.56. The highest BCUT2D eigenvalue weighted by Crippen LogP contribution is 2.06. The van der Waals surface area contributed by atoms with Gasteiger partial charge in [0.25, 0.3) is 0 Å². The van der Waals surface area contributed by atoms with Gasteiger partial charge in [-0.15, -0.1) is 24.0 Å². The van der Waals surface area contributed by atoms with Gasteiger partial charge in [-0.05, 0) is 37.8 Å². The SMILES string of the molecule is CN=C(NCCNS(=O)(=O)c1cccnc1)NC(C)CCC(C)C.I. The molecule has 0 aromatic carbocycles. The van der Waals surface area contributed by atoms with Crippen molar-refractivity contribution in [2.24, 2.45) is 10.9 Å². The minimum Gasteiger partial charge on any atom is -0.355 e. The summed E-state index contributed by atoms with van der Waals surface area (Å²) in [5, 5.41) is 6.41. The Morgan fingerprint density at radius 2 is 1.96 bits per heavy atom. The molecule has 1 atom stereocenters. The van der Waals surface area contributed by atoms with Crippen molar-refractivity contribution in [2.45, 2.75) is 44.6 Å². The molecule has 0 radical (unpaired) electrons. The minimum atomic E-state index is -3.52. The number of guanidine groups is 1. The number of nitrogens with zero attached hydrogens (tertiary/aromatic N) is 2. The van der Waals surface area contributed by atoms with Gasteiger partial charge >= 0.3 is 0 Å². The van der Waals surface area contributed by atoms with Crippen LogP contribution >= 0.6 is 24.0 Å². The Kier molecular flexibility index (Phi) is 12.0. The van der Waals surface area contributed by atoms with Crippen molar-refractivity contribution in [3.8, 4) is 0 Å². The number of sulfonamides is 1. The second kappa shape index (κ2) is 12.4. The summed E-state index contributed by atoms with van der Waals surface area (Å²) >= 11 is 0. The highest BCUT2D eigenvalue weighted by Gasteiger charge is 2.13. The highest BCUT2D eigenvalue weighted by molar-refractivity contribution is 14.0. The minimum absolute atomic E-state index is 0. The van der Waals surface area contributed by atoms with Crippen LogP contribution in [0.1, 0.15) is 33.6 Å². The molecule has 0 bridgehead atoms. The van der Waals surface area contributed by atoms with Crippen molar-refractivity contribution in [1.82, 2.24) is 20.3 Å². The summed E-state index contributed by atoms with van der Waals surface area (Å²) in [4.78, 5) is 8.14. The molecule has 144 valence electrons. The van der Waals surface area contributed by atoms with E-state index in [0.717, 1.165) is 12.8 Å². The number of rotatable bonds is 9. The summed E-state index contributed by atoms with van der Waals surface area (Å²) in [7, 11) is -1.82. The van der Waals surface area contributed by atoms with Gasteiger partial charge in [0, 0.05) is 38.6 Å². The fourth-order valence-corrected chi connectivity index (χ4v) is 3.03. The van der Waals surface area contributed by atoms with Crippen LogP contribution in [0.4, 0.5) is 0 Å². The Hall–Kier alpha value is -0.940. The van der Waals surface area contributed by atoms with E-state index in [4.69, 9.17) is 0 Å². The molecule has 7 nitrogen and oxygen atoms in total. The number of hydrogen-bond donors (Lipinski definition) is 3. The first-order valence-corrected chi connectivity index (χ1v) is 9.70. The summed E-state index contributed by atoms with van der Waals surface area (Å²) in [6.45, 7) is 7.22. The third-order valence-corrected chi connectivity index (χ3v) is 4.88. The third-order valence-electron chi connectivity index (χ3n) is 3.44. The first-order valence-electron chi connectivity index (χ1n) is 8.22. The Balaban J connectivity index is 0.00000576. The highest BCUT2D eigenvalue weighted by atomic mass is 127. The first-order chi connectivity index (χ1) is 11.3. The largest absolute Gasteiger partial charge is 0.355 e. The summed E-state index contributed by atoms with van der Waals surface area (Å²) in [6, 6.07) is 3.42. The zero-order chi connectivity index (χ0) is 18.0. The van der Waals surface area contributed by atoms with Crippen LogP contribution in [0, 0.1) is 5.92 Å². The molecule has 1 aromatic rings. The van der Waals surface area contributed by atoms with E-state index in [1.807, 2.05) is 0 Å². The number of hydrogen-bond acceptors (Lipinski definition) is 4. The Morgan fingerprint density at radius 3 is 2.52 bits per heavy atom. The monoisotopic (exact) mass is 483 g/mol. The molecule has 0 aliphatic rings. The van der Waals surface area contributed by atoms with Crippen LogP contribution in [-0.2, 0) is 10.0 Å². The number of halogens is 1. The third kappa shape index (κ3) is 9.95. The van der Waals surface area contributed by atoms with Gasteiger partial charge in [-0.2, -0.15) is 0 Å². The molecule has 1 heterocycles. The van der Waals surface area contributed by atoms with Crippen LogP contribution in [0.25, 0.3) is 0 Å². The Morgan fingerprint density at radius 1 is 1.24 bits per heavy atom. The smallest absolute Gasteiger partial charge is 0.242 e. The van der Waals surface area contributed by atoms with Crippen molar-refractivity contribution >= 4 is 40.0 Å². The lowest BCUT2D eigenvalue weighted by Gasteiger charge is -2.18. The standard InChI is InChI=1S/C16H29N5O2S.HI/c1-13(2)7-8-14(3)21-16(17-4)19-10-11-20-24(22,23)15-6-5-9-18-12-15;/h5-6,9,12-14,20H,7-8,10-11H2,1-4H3,(H2,17,19,21);1H. The van der Waals surface area contributed by atoms with E-state index < -0.39 is 10.0 Å². The number of aromatic nitrogens is 1. The van der Waals surface area contributed by atoms with Gasteiger partial charge in [0.1, 0.15) is 4.90 Å². The molecule has 0 saturated heterocycles. The van der Waals surface area contributed by atoms with E-state index in [0.29, 0.717) is 24.5 Å². The molecule has 25 heavy (non-hydrogen) atoms. The molecule has 1 aromatic heterocycles. The molecule has 0 amide bonds. The summed E-state index contributed by atoms with van der Waals surface area (Å²) in [5.41, 5.74) is 0. The molecular formula is C16H30IN5O2S. The Bertz CT molecular complexity index is 608. The van der Waals surface area contributed by atoms with E-state index in [1.165, 1.54) is 18.5 Å². The van der Waals surface area contributed by atoms with Crippen molar-refractivity contribution in [2.75, 3.05) is 20.1 Å². The predicted octanol–water partition coefficient (Wildman–Crippen LogP) is 1.97. The Labute approximate surface area is 168 Å². The van der Waals surface area contributed by atoms with Crippen molar-refractivity contribution in [3.05, 3.63) is 24.5 Å². The molecule has 1 unspecified atom stereocenters. The van der Waals surface area contributed by atoms with Crippen LogP contribution < -0.4 is 15.4 Å².